The van der Waals surface area contributed by atoms with Crippen molar-refractivity contribution in [1.29, 1.82) is 0 Å². The number of nitrogens with zero attached hydrogens (tertiary/aromatic N) is 1. The fraction of sp³-hybridized carbons (Fsp3) is 1.00. The van der Waals surface area contributed by atoms with Crippen LogP contribution in [0.3, 0.4) is 0 Å². The monoisotopic (exact) mass is 311 g/mol. The molecule has 0 heterocycles. The van der Waals surface area contributed by atoms with Gasteiger partial charge in [0.05, 0.1) is 5.60 Å². The Morgan fingerprint density at radius 2 is 1.00 bits per heavy atom. The summed E-state index contributed by atoms with van der Waals surface area (Å²) >= 11 is 0. The Morgan fingerprint density at radius 3 is 1.36 bits per heavy atom. The van der Waals surface area contributed by atoms with Crippen LogP contribution >= 0.6 is 0 Å². The Kier molecular flexibility index (Phi) is 15.7. The zero-order chi connectivity index (χ0) is 16.5. The molecule has 0 aliphatic heterocycles. The predicted octanol–water partition coefficient (Wildman–Crippen LogP) is 7.03. The van der Waals surface area contributed by atoms with Crippen molar-refractivity contribution < 1.29 is 4.84 Å². The lowest BCUT2D eigenvalue weighted by Gasteiger charge is -2.24. The van der Waals surface area contributed by atoms with E-state index in [9.17, 15) is 0 Å². The first-order valence-corrected chi connectivity index (χ1v) is 10.0. The molecule has 132 valence electrons. The maximum Gasteiger partial charge on any atom is 0.0906 e. The van der Waals surface area contributed by atoms with Gasteiger partial charge in [0.25, 0.3) is 0 Å². The van der Waals surface area contributed by atoms with Gasteiger partial charge in [0.2, 0.25) is 0 Å². The van der Waals surface area contributed by atoms with Gasteiger partial charge in [-0.25, -0.2) is 0 Å². The lowest BCUT2D eigenvalue weighted by atomic mass is 9.93. The molecule has 0 aromatic rings. The van der Waals surface area contributed by atoms with Crippen LogP contribution in [0.4, 0.5) is 0 Å². The molecule has 0 aromatic heterocycles. The molecule has 0 amide bonds. The third kappa shape index (κ3) is 13.6. The average molecular weight is 312 g/mol. The van der Waals surface area contributed by atoms with E-state index in [-0.39, 0.29) is 5.60 Å². The van der Waals surface area contributed by atoms with Gasteiger partial charge in [-0.3, -0.25) is 4.84 Å². The Balaban J connectivity index is 3.23. The summed E-state index contributed by atoms with van der Waals surface area (Å²) in [6.07, 6.45) is 20.9. The molecule has 0 fully saturated rings. The van der Waals surface area contributed by atoms with Crippen LogP contribution in [0.1, 0.15) is 124 Å². The first kappa shape index (κ1) is 21.9. The molecule has 22 heavy (non-hydrogen) atoms. The van der Waals surface area contributed by atoms with Crippen LogP contribution in [0, 0.1) is 0 Å². The van der Waals surface area contributed by atoms with Crippen LogP contribution in [0.5, 0.6) is 0 Å². The molecule has 2 nitrogen and oxygen atoms in total. The Labute approximate surface area is 140 Å². The third-order valence-electron chi connectivity index (χ3n) is 4.81. The third-order valence-corrected chi connectivity index (χ3v) is 4.81. The second-order valence-electron chi connectivity index (χ2n) is 7.28. The molecule has 0 bridgehead atoms. The summed E-state index contributed by atoms with van der Waals surface area (Å²) in [7, 11) is 0. The van der Waals surface area contributed by atoms with E-state index in [4.69, 9.17) is 5.90 Å². The standard InChI is InChI=1S/C20H41NO/c1-4-6-7-8-9-10-11-12-13-14-15-16-17-19-20(3,22-21)18-5-2/h4-19H2,1-3H3. The van der Waals surface area contributed by atoms with Crippen LogP contribution in [0.2, 0.25) is 0 Å². The zero-order valence-electron chi connectivity index (χ0n) is 15.7. The van der Waals surface area contributed by atoms with E-state index in [0.717, 1.165) is 19.3 Å². The quantitative estimate of drug-likeness (QED) is 0.209. The van der Waals surface area contributed by atoms with E-state index in [1.54, 1.807) is 0 Å². The van der Waals surface area contributed by atoms with E-state index in [1.807, 2.05) is 6.92 Å². The highest BCUT2D eigenvalue weighted by molar-refractivity contribution is 4.73. The zero-order valence-corrected chi connectivity index (χ0v) is 15.7. The van der Waals surface area contributed by atoms with Gasteiger partial charge in [-0.05, 0) is 19.8 Å². The second kappa shape index (κ2) is 15.8. The Bertz CT molecular complexity index is 220. The summed E-state index contributed by atoms with van der Waals surface area (Å²) in [5.74, 6) is 9.01. The molecular formula is C20H41NO. The number of rotatable bonds is 17. The molecule has 2 heteroatoms. The van der Waals surface area contributed by atoms with Crippen LogP contribution in [0.25, 0.3) is 0 Å². The Morgan fingerprint density at radius 1 is 0.591 bits per heavy atom. The fourth-order valence-electron chi connectivity index (χ4n) is 3.26. The molecule has 0 aromatic carbocycles. The summed E-state index contributed by atoms with van der Waals surface area (Å²) in [5, 5.41) is 0. The molecule has 0 rings (SSSR count). The van der Waals surface area contributed by atoms with Gasteiger partial charge in [0.15, 0.2) is 0 Å². The van der Waals surface area contributed by atoms with Crippen molar-refractivity contribution in [2.24, 2.45) is 0 Å². The highest BCUT2D eigenvalue weighted by atomic mass is 16.6. The van der Waals surface area contributed by atoms with E-state index in [0.29, 0.717) is 0 Å². The van der Waals surface area contributed by atoms with Crippen molar-refractivity contribution in [3.63, 3.8) is 0 Å². The minimum absolute atomic E-state index is 0.313. The molecule has 2 radical (unpaired) electrons. The summed E-state index contributed by atoms with van der Waals surface area (Å²) in [4.78, 5) is 4.69. The summed E-state index contributed by atoms with van der Waals surface area (Å²) < 4.78 is 0. The molecule has 1 unspecified atom stereocenters. The minimum Gasteiger partial charge on any atom is -0.257 e. The first-order chi connectivity index (χ1) is 10.7. The minimum atomic E-state index is -0.313. The van der Waals surface area contributed by atoms with Gasteiger partial charge in [0.1, 0.15) is 0 Å². The average Bonchev–Trinajstić information content (AvgIpc) is 2.52. The molecule has 0 aliphatic rings. The summed E-state index contributed by atoms with van der Waals surface area (Å²) in [6.45, 7) is 6.44. The van der Waals surface area contributed by atoms with Crippen LogP contribution < -0.4 is 5.90 Å². The van der Waals surface area contributed by atoms with Crippen molar-refractivity contribution >= 4 is 0 Å². The molecular weight excluding hydrogens is 270 g/mol. The molecule has 0 saturated heterocycles. The fourth-order valence-corrected chi connectivity index (χ4v) is 3.26. The largest absolute Gasteiger partial charge is 0.257 e. The van der Waals surface area contributed by atoms with Gasteiger partial charge >= 0.3 is 0 Å². The molecule has 0 spiro atoms. The van der Waals surface area contributed by atoms with E-state index >= 15 is 0 Å². The molecule has 0 N–H and O–H groups in total. The summed E-state index contributed by atoms with van der Waals surface area (Å²) in [6, 6.07) is 0. The van der Waals surface area contributed by atoms with Crippen LogP contribution in [0.15, 0.2) is 0 Å². The first-order valence-electron chi connectivity index (χ1n) is 10.0. The van der Waals surface area contributed by atoms with E-state index in [1.165, 1.54) is 83.5 Å². The van der Waals surface area contributed by atoms with Crippen molar-refractivity contribution in [3.05, 3.63) is 0 Å². The van der Waals surface area contributed by atoms with Gasteiger partial charge < -0.3 is 0 Å². The van der Waals surface area contributed by atoms with Gasteiger partial charge in [0, 0.05) is 5.90 Å². The van der Waals surface area contributed by atoms with Gasteiger partial charge in [-0.1, -0.05) is 104 Å². The van der Waals surface area contributed by atoms with Crippen molar-refractivity contribution in [2.45, 2.75) is 129 Å². The second-order valence-corrected chi connectivity index (χ2v) is 7.28. The lowest BCUT2D eigenvalue weighted by molar-refractivity contribution is -0.0603. The van der Waals surface area contributed by atoms with E-state index in [2.05, 4.69) is 18.7 Å². The van der Waals surface area contributed by atoms with E-state index < -0.39 is 0 Å². The van der Waals surface area contributed by atoms with Crippen molar-refractivity contribution in [2.75, 3.05) is 0 Å². The predicted molar refractivity (Wildman–Crippen MR) is 96.8 cm³/mol. The maximum atomic E-state index is 9.01. The summed E-state index contributed by atoms with van der Waals surface area (Å²) in [5.41, 5.74) is -0.313. The SMILES string of the molecule is CCCCCCCCCCCCCCCC(C)(CCC)O[N]. The number of unbranched alkanes of at least 4 members (excludes halogenated alkanes) is 12. The molecule has 0 aliphatic carbocycles. The highest BCUT2D eigenvalue weighted by Gasteiger charge is 2.23. The Hall–Kier alpha value is -0.0800. The molecule has 0 saturated carbocycles. The van der Waals surface area contributed by atoms with Gasteiger partial charge in [-0.15, -0.1) is 0 Å². The van der Waals surface area contributed by atoms with Crippen molar-refractivity contribution in [1.82, 2.24) is 5.90 Å². The maximum absolute atomic E-state index is 9.01. The number of hydrogen-bond acceptors (Lipinski definition) is 1. The smallest absolute Gasteiger partial charge is 0.0906 e. The highest BCUT2D eigenvalue weighted by Crippen LogP contribution is 2.24. The topological polar surface area (TPSA) is 31.5 Å². The van der Waals surface area contributed by atoms with Crippen molar-refractivity contribution in [3.8, 4) is 0 Å². The lowest BCUT2D eigenvalue weighted by Crippen LogP contribution is -2.27. The molecule has 1 atom stereocenters. The normalized spacial score (nSPS) is 14.2. The van der Waals surface area contributed by atoms with Crippen LogP contribution in [-0.2, 0) is 4.84 Å². The van der Waals surface area contributed by atoms with Gasteiger partial charge in [-0.2, -0.15) is 0 Å². The van der Waals surface area contributed by atoms with Crippen LogP contribution in [-0.4, -0.2) is 5.60 Å². The number of hydrogen-bond donors (Lipinski definition) is 0.